The predicted octanol–water partition coefficient (Wildman–Crippen LogP) is 0.172. The summed E-state index contributed by atoms with van der Waals surface area (Å²) in [4.78, 5) is 23.4. The fraction of sp³-hybridized carbons (Fsp3) is 0.308. The van der Waals surface area contributed by atoms with Crippen LogP contribution in [-0.4, -0.2) is 51.2 Å². The van der Waals surface area contributed by atoms with Gasteiger partial charge in [0, 0.05) is 25.2 Å². The molecule has 106 valence electrons. The molecule has 0 bridgehead atoms. The molecule has 20 heavy (non-hydrogen) atoms. The monoisotopic (exact) mass is 278 g/mol. The molecule has 1 aromatic rings. The van der Waals surface area contributed by atoms with Crippen molar-refractivity contribution in [1.82, 2.24) is 4.90 Å². The number of amides is 1. The summed E-state index contributed by atoms with van der Waals surface area (Å²) in [7, 11) is 0. The van der Waals surface area contributed by atoms with E-state index < -0.39 is 23.0 Å². The molecule has 7 heteroatoms. The first-order chi connectivity index (χ1) is 9.49. The Morgan fingerprint density at radius 3 is 2.50 bits per heavy atom. The van der Waals surface area contributed by atoms with Crippen molar-refractivity contribution in [2.45, 2.75) is 12.2 Å². The van der Waals surface area contributed by atoms with Crippen LogP contribution in [0.3, 0.4) is 0 Å². The van der Waals surface area contributed by atoms with Gasteiger partial charge in [0.2, 0.25) is 5.91 Å². The van der Waals surface area contributed by atoms with Crippen LogP contribution in [0.4, 0.5) is 5.69 Å². The highest BCUT2D eigenvalue weighted by Crippen LogP contribution is 2.19. The second kappa shape index (κ2) is 5.81. The van der Waals surface area contributed by atoms with Gasteiger partial charge < -0.3 is 15.1 Å². The number of hydrogen-bond donors (Lipinski definition) is 2. The summed E-state index contributed by atoms with van der Waals surface area (Å²) in [5.41, 5.74) is 0.240. The van der Waals surface area contributed by atoms with Crippen LogP contribution in [0.5, 0.6) is 0 Å². The molecule has 0 saturated carbocycles. The maximum atomic E-state index is 11.8. The van der Waals surface area contributed by atoms with E-state index in [4.69, 9.17) is 0 Å². The molecule has 2 rings (SSSR count). The fourth-order valence-corrected chi connectivity index (χ4v) is 2.01. The summed E-state index contributed by atoms with van der Waals surface area (Å²) in [6.45, 7) is 0.114. The van der Waals surface area contributed by atoms with Crippen LogP contribution in [0.25, 0.3) is 6.08 Å². The fourth-order valence-electron chi connectivity index (χ4n) is 2.01. The van der Waals surface area contributed by atoms with Gasteiger partial charge in [-0.2, -0.15) is 0 Å². The number of aliphatic hydroxyl groups excluding tert-OH is 2. The lowest BCUT2D eigenvalue weighted by Crippen LogP contribution is -2.27. The normalized spacial score (nSPS) is 22.4. The Bertz CT molecular complexity index is 547. The molecule has 1 saturated heterocycles. The SMILES string of the molecule is O=C(C=Cc1ccccc1[N+](=O)[O-])N1C[C@@H](O)[C@@H](O)C1. The molecular weight excluding hydrogens is 264 g/mol. The topological polar surface area (TPSA) is 104 Å². The maximum Gasteiger partial charge on any atom is 0.276 e. The molecule has 0 unspecified atom stereocenters. The Kier molecular flexibility index (Phi) is 4.11. The highest BCUT2D eigenvalue weighted by molar-refractivity contribution is 5.92. The molecule has 2 atom stereocenters. The number of aliphatic hydroxyl groups is 2. The zero-order chi connectivity index (χ0) is 14.7. The van der Waals surface area contributed by atoms with Gasteiger partial charge in [-0.25, -0.2) is 0 Å². The van der Waals surface area contributed by atoms with Crippen LogP contribution < -0.4 is 0 Å². The number of hydrogen-bond acceptors (Lipinski definition) is 5. The van der Waals surface area contributed by atoms with Crippen LogP contribution >= 0.6 is 0 Å². The number of para-hydroxylation sites is 1. The summed E-state index contributed by atoms with van der Waals surface area (Å²) in [6.07, 6.45) is 0.668. The smallest absolute Gasteiger partial charge is 0.276 e. The van der Waals surface area contributed by atoms with E-state index in [0.717, 1.165) is 0 Å². The predicted molar refractivity (Wildman–Crippen MR) is 70.7 cm³/mol. The molecule has 1 aliphatic rings. The minimum atomic E-state index is -0.946. The van der Waals surface area contributed by atoms with E-state index in [1.807, 2.05) is 0 Å². The molecule has 0 radical (unpaired) electrons. The number of likely N-dealkylation sites (tertiary alicyclic amines) is 1. The van der Waals surface area contributed by atoms with Crippen LogP contribution in [0, 0.1) is 10.1 Å². The van der Waals surface area contributed by atoms with Crippen molar-refractivity contribution in [3.63, 3.8) is 0 Å². The minimum absolute atomic E-state index is 0.0568. The number of nitro benzene ring substituents is 1. The Balaban J connectivity index is 2.10. The number of rotatable bonds is 3. The lowest BCUT2D eigenvalue weighted by Gasteiger charge is -2.11. The van der Waals surface area contributed by atoms with Gasteiger partial charge in [-0.3, -0.25) is 14.9 Å². The van der Waals surface area contributed by atoms with Crippen LogP contribution in [0.2, 0.25) is 0 Å². The standard InChI is InChI=1S/C13H14N2O5/c16-11-7-14(8-12(11)17)13(18)6-5-9-3-1-2-4-10(9)15(19)20/h1-6,11-12,16-17H,7-8H2/t11-,12+. The summed E-state index contributed by atoms with van der Waals surface area (Å²) < 4.78 is 0. The number of carbonyl (C=O) groups is 1. The lowest BCUT2D eigenvalue weighted by molar-refractivity contribution is -0.385. The molecule has 0 aromatic heterocycles. The van der Waals surface area contributed by atoms with E-state index in [0.29, 0.717) is 5.56 Å². The highest BCUT2D eigenvalue weighted by Gasteiger charge is 2.31. The first kappa shape index (κ1) is 14.2. The Hall–Kier alpha value is -2.25. The average Bonchev–Trinajstić information content (AvgIpc) is 2.76. The van der Waals surface area contributed by atoms with E-state index in [9.17, 15) is 25.1 Å². The first-order valence-electron chi connectivity index (χ1n) is 6.05. The van der Waals surface area contributed by atoms with Crippen molar-refractivity contribution >= 4 is 17.7 Å². The van der Waals surface area contributed by atoms with Crippen molar-refractivity contribution < 1.29 is 19.9 Å². The molecule has 1 aliphatic heterocycles. The van der Waals surface area contributed by atoms with Gasteiger partial charge in [0.05, 0.1) is 22.7 Å². The van der Waals surface area contributed by atoms with E-state index in [1.54, 1.807) is 12.1 Å². The van der Waals surface area contributed by atoms with Crippen LogP contribution in [0.15, 0.2) is 30.3 Å². The second-order valence-corrected chi connectivity index (χ2v) is 4.53. The number of nitro groups is 1. The first-order valence-corrected chi connectivity index (χ1v) is 6.05. The van der Waals surface area contributed by atoms with Crippen molar-refractivity contribution in [1.29, 1.82) is 0 Å². The Labute approximate surface area is 114 Å². The van der Waals surface area contributed by atoms with E-state index in [-0.39, 0.29) is 18.8 Å². The van der Waals surface area contributed by atoms with Crippen molar-refractivity contribution in [2.75, 3.05) is 13.1 Å². The number of carbonyl (C=O) groups excluding carboxylic acids is 1. The van der Waals surface area contributed by atoms with E-state index in [1.165, 1.54) is 29.2 Å². The van der Waals surface area contributed by atoms with Gasteiger partial charge in [-0.1, -0.05) is 12.1 Å². The summed E-state index contributed by atoms with van der Waals surface area (Å²) in [5, 5.41) is 29.5. The third-order valence-electron chi connectivity index (χ3n) is 3.11. The van der Waals surface area contributed by atoms with Crippen molar-refractivity contribution in [3.05, 3.63) is 46.0 Å². The zero-order valence-corrected chi connectivity index (χ0v) is 10.5. The quantitative estimate of drug-likeness (QED) is 0.466. The highest BCUT2D eigenvalue weighted by atomic mass is 16.6. The Morgan fingerprint density at radius 1 is 1.30 bits per heavy atom. The average molecular weight is 278 g/mol. The summed E-state index contributed by atoms with van der Waals surface area (Å²) >= 11 is 0. The third kappa shape index (κ3) is 3.01. The summed E-state index contributed by atoms with van der Waals surface area (Å²) in [6, 6.07) is 6.08. The lowest BCUT2D eigenvalue weighted by atomic mass is 10.1. The summed E-state index contributed by atoms with van der Waals surface area (Å²) in [5.74, 6) is -0.404. The van der Waals surface area contributed by atoms with Gasteiger partial charge in [0.1, 0.15) is 0 Å². The largest absolute Gasteiger partial charge is 0.388 e. The van der Waals surface area contributed by atoms with Gasteiger partial charge in [0.25, 0.3) is 5.69 Å². The number of nitrogens with zero attached hydrogens (tertiary/aromatic N) is 2. The van der Waals surface area contributed by atoms with Gasteiger partial charge in [-0.15, -0.1) is 0 Å². The van der Waals surface area contributed by atoms with E-state index in [2.05, 4.69) is 0 Å². The molecular formula is C13H14N2O5. The van der Waals surface area contributed by atoms with Crippen molar-refractivity contribution in [3.8, 4) is 0 Å². The minimum Gasteiger partial charge on any atom is -0.388 e. The van der Waals surface area contributed by atoms with Crippen LogP contribution in [0.1, 0.15) is 5.56 Å². The molecule has 7 nitrogen and oxygen atoms in total. The maximum absolute atomic E-state index is 11.8. The van der Waals surface area contributed by atoms with Gasteiger partial charge >= 0.3 is 0 Å². The molecule has 0 spiro atoms. The van der Waals surface area contributed by atoms with E-state index >= 15 is 0 Å². The number of β-amino-alcohol motifs (C(OH)–C–C–N with tert-alkyl or cyclic N) is 2. The third-order valence-corrected chi connectivity index (χ3v) is 3.11. The molecule has 1 fully saturated rings. The zero-order valence-electron chi connectivity index (χ0n) is 10.5. The van der Waals surface area contributed by atoms with Crippen LogP contribution in [-0.2, 0) is 4.79 Å². The second-order valence-electron chi connectivity index (χ2n) is 4.53. The molecule has 0 aliphatic carbocycles. The van der Waals surface area contributed by atoms with Crippen molar-refractivity contribution in [2.24, 2.45) is 0 Å². The number of benzene rings is 1. The molecule has 1 heterocycles. The molecule has 1 amide bonds. The Morgan fingerprint density at radius 2 is 1.90 bits per heavy atom. The van der Waals surface area contributed by atoms with Gasteiger partial charge in [-0.05, 0) is 12.1 Å². The van der Waals surface area contributed by atoms with Gasteiger partial charge in [0.15, 0.2) is 0 Å². The molecule has 1 aromatic carbocycles. The molecule has 2 N–H and O–H groups in total.